The minimum absolute atomic E-state index is 0.0195. The fourth-order valence-electron chi connectivity index (χ4n) is 3.13. The Morgan fingerprint density at radius 3 is 2.62 bits per heavy atom. The number of benzene rings is 1. The average Bonchev–Trinajstić information content (AvgIpc) is 2.93. The minimum Gasteiger partial charge on any atom is -0.465 e. The third kappa shape index (κ3) is 6.09. The molecular formula is C20H29BrN4O4. The number of nitrogen functional groups attached to an aromatic ring is 1. The summed E-state index contributed by atoms with van der Waals surface area (Å²) in [6, 6.07) is 3.56. The van der Waals surface area contributed by atoms with E-state index in [-0.39, 0.29) is 6.04 Å². The van der Waals surface area contributed by atoms with Gasteiger partial charge in [0, 0.05) is 17.1 Å². The summed E-state index contributed by atoms with van der Waals surface area (Å²) < 4.78 is 12.7. The van der Waals surface area contributed by atoms with Crippen LogP contribution in [0.15, 0.2) is 16.6 Å². The molecule has 9 heteroatoms. The lowest BCUT2D eigenvalue weighted by atomic mass is 10.1. The Morgan fingerprint density at radius 1 is 1.31 bits per heavy atom. The highest BCUT2D eigenvalue weighted by Gasteiger charge is 2.21. The van der Waals surface area contributed by atoms with Crippen LogP contribution in [0.3, 0.4) is 0 Å². The third-order valence-electron chi connectivity index (χ3n) is 4.34. The average molecular weight is 469 g/mol. The highest BCUT2D eigenvalue weighted by atomic mass is 79.9. The lowest BCUT2D eigenvalue weighted by molar-refractivity contribution is 0.0525. The summed E-state index contributed by atoms with van der Waals surface area (Å²) in [6.45, 7) is 8.05. The Morgan fingerprint density at radius 2 is 2.00 bits per heavy atom. The molecule has 1 aromatic carbocycles. The largest absolute Gasteiger partial charge is 0.465 e. The van der Waals surface area contributed by atoms with Crippen LogP contribution >= 0.6 is 15.9 Å². The van der Waals surface area contributed by atoms with Crippen LogP contribution in [0.25, 0.3) is 11.0 Å². The summed E-state index contributed by atoms with van der Waals surface area (Å²) in [4.78, 5) is 28.3. The van der Waals surface area contributed by atoms with Crippen LogP contribution in [0, 0.1) is 0 Å². The second-order valence-electron chi connectivity index (χ2n) is 7.93. The summed E-state index contributed by atoms with van der Waals surface area (Å²) in [5, 5.41) is 2.76. The van der Waals surface area contributed by atoms with E-state index in [1.165, 1.54) is 7.11 Å². The maximum absolute atomic E-state index is 12.2. The zero-order chi connectivity index (χ0) is 21.8. The number of nitrogens with two attached hydrogens (primary N) is 1. The lowest BCUT2D eigenvalue weighted by Crippen LogP contribution is -2.33. The summed E-state index contributed by atoms with van der Waals surface area (Å²) in [5.74, 6) is -0.0890. The van der Waals surface area contributed by atoms with Crippen LogP contribution in [-0.4, -0.2) is 40.9 Å². The first-order chi connectivity index (χ1) is 13.5. The molecule has 0 aliphatic rings. The van der Waals surface area contributed by atoms with Crippen LogP contribution in [0.5, 0.6) is 0 Å². The molecule has 0 aliphatic carbocycles. The van der Waals surface area contributed by atoms with Crippen molar-refractivity contribution < 1.29 is 19.1 Å². The van der Waals surface area contributed by atoms with Gasteiger partial charge in [-0.3, -0.25) is 0 Å². The second-order valence-corrected chi connectivity index (χ2v) is 8.84. The van der Waals surface area contributed by atoms with Gasteiger partial charge in [-0.05, 0) is 59.1 Å². The van der Waals surface area contributed by atoms with Crippen molar-refractivity contribution in [2.75, 3.05) is 19.4 Å². The van der Waals surface area contributed by atoms with Gasteiger partial charge in [0.25, 0.3) is 0 Å². The fraction of sp³-hybridized carbons (Fsp3) is 0.550. The van der Waals surface area contributed by atoms with Crippen molar-refractivity contribution in [3.8, 4) is 0 Å². The quantitative estimate of drug-likeness (QED) is 0.459. The van der Waals surface area contributed by atoms with Crippen molar-refractivity contribution in [1.29, 1.82) is 0 Å². The molecule has 1 amide bonds. The molecule has 0 unspecified atom stereocenters. The number of hydrogen-bond acceptors (Lipinski definition) is 6. The van der Waals surface area contributed by atoms with Crippen LogP contribution in [0.4, 0.5) is 10.7 Å². The molecule has 0 saturated carbocycles. The number of nitrogens with zero attached hydrogens (tertiary/aromatic N) is 2. The van der Waals surface area contributed by atoms with Gasteiger partial charge in [0.2, 0.25) is 5.95 Å². The van der Waals surface area contributed by atoms with E-state index in [0.29, 0.717) is 29.1 Å². The number of amides is 1. The van der Waals surface area contributed by atoms with Crippen molar-refractivity contribution >= 4 is 45.0 Å². The topological polar surface area (TPSA) is 108 Å². The molecule has 0 spiro atoms. The molecule has 2 aromatic rings. The van der Waals surface area contributed by atoms with E-state index in [9.17, 15) is 9.59 Å². The maximum atomic E-state index is 12.2. The van der Waals surface area contributed by atoms with E-state index in [2.05, 4.69) is 26.2 Å². The molecule has 29 heavy (non-hydrogen) atoms. The lowest BCUT2D eigenvalue weighted by Gasteiger charge is -2.20. The first-order valence-electron chi connectivity index (χ1n) is 9.55. The van der Waals surface area contributed by atoms with Gasteiger partial charge in [-0.25, -0.2) is 14.6 Å². The Hall–Kier alpha value is -2.29. The van der Waals surface area contributed by atoms with E-state index < -0.39 is 17.7 Å². The Kier molecular flexibility index (Phi) is 7.51. The number of imidazole rings is 1. The van der Waals surface area contributed by atoms with Crippen molar-refractivity contribution in [2.45, 2.75) is 58.6 Å². The number of nitrogens with one attached hydrogen (secondary N) is 1. The van der Waals surface area contributed by atoms with Gasteiger partial charge in [0.1, 0.15) is 5.60 Å². The number of rotatable bonds is 7. The normalized spacial score (nSPS) is 12.6. The molecule has 0 saturated heterocycles. The van der Waals surface area contributed by atoms with E-state index in [1.54, 1.807) is 6.07 Å². The van der Waals surface area contributed by atoms with E-state index in [4.69, 9.17) is 15.2 Å². The molecule has 1 aromatic heterocycles. The minimum atomic E-state index is -0.509. The number of methoxy groups -OCH3 is 1. The number of unbranched alkanes of at least 4 members (excludes halogenated alkanes) is 1. The molecule has 8 nitrogen and oxygen atoms in total. The first-order valence-corrected chi connectivity index (χ1v) is 10.3. The van der Waals surface area contributed by atoms with Gasteiger partial charge >= 0.3 is 12.1 Å². The number of ether oxygens (including phenoxy) is 2. The molecule has 0 fully saturated rings. The number of carbonyl (C=O) groups excluding carboxylic acids is 2. The predicted octanol–water partition coefficient (Wildman–Crippen LogP) is 4.42. The maximum Gasteiger partial charge on any atom is 0.407 e. The van der Waals surface area contributed by atoms with E-state index in [0.717, 1.165) is 23.7 Å². The zero-order valence-electron chi connectivity index (χ0n) is 17.5. The Balaban J connectivity index is 2.04. The summed E-state index contributed by atoms with van der Waals surface area (Å²) in [6.07, 6.45) is 2.05. The van der Waals surface area contributed by atoms with Crippen LogP contribution < -0.4 is 11.1 Å². The first kappa shape index (κ1) is 23.0. The van der Waals surface area contributed by atoms with Crippen LogP contribution in [-0.2, 0) is 9.47 Å². The molecule has 3 N–H and O–H groups in total. The standard InChI is InChI=1S/C20H29BrN4O4/c1-12(8-6-7-9-23-19(27)29-20(2,3)4)25-16-14(17(26)28-5)10-13(21)11-15(16)24-18(25)22/h10-12H,6-9H2,1-5H3,(H2,22,24)(H,23,27)/t12-/m0/s1. The van der Waals surface area contributed by atoms with Crippen molar-refractivity contribution in [1.82, 2.24) is 14.9 Å². The molecule has 0 bridgehead atoms. The monoisotopic (exact) mass is 468 g/mol. The van der Waals surface area contributed by atoms with Crippen LogP contribution in [0.1, 0.15) is 63.4 Å². The molecular weight excluding hydrogens is 440 g/mol. The van der Waals surface area contributed by atoms with Gasteiger partial charge in [0.05, 0.1) is 23.7 Å². The van der Waals surface area contributed by atoms with Gasteiger partial charge in [0.15, 0.2) is 0 Å². The van der Waals surface area contributed by atoms with Gasteiger partial charge in [-0.15, -0.1) is 0 Å². The highest BCUT2D eigenvalue weighted by molar-refractivity contribution is 9.10. The molecule has 1 atom stereocenters. The number of anilines is 1. The second kappa shape index (κ2) is 9.47. The zero-order valence-corrected chi connectivity index (χ0v) is 19.1. The number of halogens is 1. The number of hydrogen-bond donors (Lipinski definition) is 2. The van der Waals surface area contributed by atoms with Crippen molar-refractivity contribution in [2.24, 2.45) is 0 Å². The van der Waals surface area contributed by atoms with Gasteiger partial charge < -0.3 is 25.1 Å². The smallest absolute Gasteiger partial charge is 0.407 e. The molecule has 2 rings (SSSR count). The Labute approximate surface area is 179 Å². The summed E-state index contributed by atoms with van der Waals surface area (Å²) in [7, 11) is 1.35. The number of fused-ring (bicyclic) bond motifs is 1. The summed E-state index contributed by atoms with van der Waals surface area (Å²) in [5.41, 5.74) is 7.36. The SMILES string of the molecule is COC(=O)c1cc(Br)cc2nc(N)n([C@@H](C)CCCCNC(=O)OC(C)(C)C)c12. The number of carbonyl (C=O) groups is 2. The summed E-state index contributed by atoms with van der Waals surface area (Å²) >= 11 is 3.40. The van der Waals surface area contributed by atoms with Gasteiger partial charge in [-0.2, -0.15) is 0 Å². The number of esters is 1. The number of alkyl carbamates (subject to hydrolysis) is 1. The van der Waals surface area contributed by atoms with E-state index >= 15 is 0 Å². The molecule has 1 heterocycles. The molecule has 160 valence electrons. The van der Waals surface area contributed by atoms with E-state index in [1.807, 2.05) is 38.3 Å². The van der Waals surface area contributed by atoms with Crippen molar-refractivity contribution in [3.63, 3.8) is 0 Å². The fourth-order valence-corrected chi connectivity index (χ4v) is 3.57. The van der Waals surface area contributed by atoms with Gasteiger partial charge in [-0.1, -0.05) is 15.9 Å². The highest BCUT2D eigenvalue weighted by Crippen LogP contribution is 2.31. The Bertz CT molecular complexity index is 889. The number of aromatic nitrogens is 2. The van der Waals surface area contributed by atoms with Crippen molar-refractivity contribution in [3.05, 3.63) is 22.2 Å². The van der Waals surface area contributed by atoms with Crippen LogP contribution in [0.2, 0.25) is 0 Å². The predicted molar refractivity (Wildman–Crippen MR) is 116 cm³/mol. The molecule has 0 aliphatic heterocycles. The third-order valence-corrected chi connectivity index (χ3v) is 4.80. The molecule has 0 radical (unpaired) electrons.